The van der Waals surface area contributed by atoms with Gasteiger partial charge in [0.15, 0.2) is 5.12 Å². The fourth-order valence-corrected chi connectivity index (χ4v) is 2.57. The smallest absolute Gasteiger partial charge is 0.287 e. The van der Waals surface area contributed by atoms with Crippen LogP contribution in [0.3, 0.4) is 0 Å². The van der Waals surface area contributed by atoms with Gasteiger partial charge in [0, 0.05) is 15.7 Å². The number of carbonyl (C=O) groups excluding carboxylic acids is 1. The highest BCUT2D eigenvalue weighted by Crippen LogP contribution is 2.31. The van der Waals surface area contributed by atoms with E-state index in [2.05, 4.69) is 18.4 Å². The van der Waals surface area contributed by atoms with E-state index >= 15 is 0 Å². The molecule has 0 aromatic heterocycles. The molecular weight excluding hydrogens is 271 g/mol. The minimum absolute atomic E-state index is 0.127. The lowest BCUT2D eigenvalue weighted by atomic mass is 9.86. The number of hydrogen-bond acceptors (Lipinski definition) is 4. The van der Waals surface area contributed by atoms with Gasteiger partial charge in [-0.2, -0.15) is 0 Å². The summed E-state index contributed by atoms with van der Waals surface area (Å²) in [6.45, 7) is 8.39. The second kappa shape index (κ2) is 9.03. The largest absolute Gasteiger partial charge is 0.694 e. The maximum atomic E-state index is 12.0. The van der Waals surface area contributed by atoms with E-state index in [0.717, 1.165) is 19.3 Å². The van der Waals surface area contributed by atoms with Crippen molar-refractivity contribution < 1.29 is 18.8 Å². The van der Waals surface area contributed by atoms with Gasteiger partial charge in [0.05, 0.1) is 0 Å². The molecule has 0 aliphatic heterocycles. The Morgan fingerprint density at radius 3 is 2.61 bits per heavy atom. The molecule has 0 spiro atoms. The van der Waals surface area contributed by atoms with E-state index in [-0.39, 0.29) is 17.1 Å². The van der Waals surface area contributed by atoms with Crippen LogP contribution >= 0.6 is 20.0 Å². The normalized spacial score (nSPS) is 14.4. The molecule has 0 aromatic carbocycles. The first-order valence-electron chi connectivity index (χ1n) is 6.26. The standard InChI is InChI=1S/C12H23O4PS/c1-5-10(2)6-7-12(3,4)11(13)18-9-8-16-17(14)15/h10H,5-9H2,1-4H3/p+1. The van der Waals surface area contributed by atoms with E-state index in [0.29, 0.717) is 11.7 Å². The molecule has 6 heteroatoms. The highest BCUT2D eigenvalue weighted by atomic mass is 32.2. The van der Waals surface area contributed by atoms with Gasteiger partial charge < -0.3 is 0 Å². The molecule has 1 N–H and O–H groups in total. The highest BCUT2D eigenvalue weighted by molar-refractivity contribution is 8.13. The molecule has 4 nitrogen and oxygen atoms in total. The second-order valence-electron chi connectivity index (χ2n) is 5.14. The van der Waals surface area contributed by atoms with Crippen LogP contribution in [0.1, 0.15) is 47.0 Å². The van der Waals surface area contributed by atoms with Gasteiger partial charge in [-0.3, -0.25) is 4.79 Å². The third kappa shape index (κ3) is 8.20. The van der Waals surface area contributed by atoms with Gasteiger partial charge in [-0.05, 0) is 18.8 Å². The first-order valence-corrected chi connectivity index (χ1v) is 8.37. The van der Waals surface area contributed by atoms with Crippen LogP contribution in [0.4, 0.5) is 0 Å². The summed E-state index contributed by atoms with van der Waals surface area (Å²) in [5, 5.41) is 0.127. The van der Waals surface area contributed by atoms with Crippen molar-refractivity contribution in [3.63, 3.8) is 0 Å². The lowest BCUT2D eigenvalue weighted by Crippen LogP contribution is -2.22. The topological polar surface area (TPSA) is 63.6 Å². The molecule has 0 bridgehead atoms. The van der Waals surface area contributed by atoms with Gasteiger partial charge in [0.25, 0.3) is 0 Å². The number of carbonyl (C=O) groups is 1. The summed E-state index contributed by atoms with van der Waals surface area (Å²) in [7, 11) is -2.55. The summed E-state index contributed by atoms with van der Waals surface area (Å²) >= 11 is 1.18. The molecule has 0 radical (unpaired) electrons. The molecule has 0 fully saturated rings. The predicted molar refractivity (Wildman–Crippen MR) is 75.7 cm³/mol. The lowest BCUT2D eigenvalue weighted by Gasteiger charge is -2.23. The number of rotatable bonds is 9. The Morgan fingerprint density at radius 2 is 2.11 bits per heavy atom. The number of thioether (sulfide) groups is 1. The Bertz CT molecular complexity index is 281. The number of hydrogen-bond donors (Lipinski definition) is 1. The second-order valence-corrected chi connectivity index (χ2v) is 6.94. The van der Waals surface area contributed by atoms with Crippen LogP contribution in [0, 0.1) is 11.3 Å². The first-order chi connectivity index (χ1) is 8.29. The monoisotopic (exact) mass is 295 g/mol. The van der Waals surface area contributed by atoms with Crippen molar-refractivity contribution in [3.8, 4) is 0 Å². The van der Waals surface area contributed by atoms with E-state index in [1.165, 1.54) is 11.8 Å². The van der Waals surface area contributed by atoms with Crippen molar-refractivity contribution in [2.75, 3.05) is 12.4 Å². The predicted octanol–water partition coefficient (Wildman–Crippen LogP) is 3.77. The van der Waals surface area contributed by atoms with Crippen LogP contribution in [-0.2, 0) is 13.9 Å². The van der Waals surface area contributed by atoms with Crippen LogP contribution in [0.25, 0.3) is 0 Å². The Balaban J connectivity index is 3.94. The molecular formula is C12H24O4PS+. The van der Waals surface area contributed by atoms with Crippen LogP contribution in [0.15, 0.2) is 0 Å². The van der Waals surface area contributed by atoms with Gasteiger partial charge in [-0.1, -0.05) is 45.9 Å². The maximum absolute atomic E-state index is 12.0. The minimum Gasteiger partial charge on any atom is -0.287 e. The van der Waals surface area contributed by atoms with Crippen molar-refractivity contribution in [3.05, 3.63) is 0 Å². The van der Waals surface area contributed by atoms with Gasteiger partial charge >= 0.3 is 8.25 Å². The van der Waals surface area contributed by atoms with Crippen molar-refractivity contribution in [2.45, 2.75) is 47.0 Å². The van der Waals surface area contributed by atoms with E-state index in [1.54, 1.807) is 0 Å². The quantitative estimate of drug-likeness (QED) is 0.518. The Hall–Kier alpha value is 0.0400. The average Bonchev–Trinajstić information content (AvgIpc) is 2.31. The Labute approximate surface area is 115 Å². The molecule has 2 atom stereocenters. The lowest BCUT2D eigenvalue weighted by molar-refractivity contribution is -0.118. The fourth-order valence-electron chi connectivity index (χ4n) is 1.36. The van der Waals surface area contributed by atoms with Gasteiger partial charge in [0.1, 0.15) is 6.61 Å². The molecule has 0 aliphatic carbocycles. The molecule has 0 aromatic rings. The zero-order chi connectivity index (χ0) is 14.2. The van der Waals surface area contributed by atoms with Crippen LogP contribution in [0.5, 0.6) is 0 Å². The highest BCUT2D eigenvalue weighted by Gasteiger charge is 2.28. The average molecular weight is 295 g/mol. The summed E-state index contributed by atoms with van der Waals surface area (Å²) in [5.41, 5.74) is -0.338. The van der Waals surface area contributed by atoms with Crippen LogP contribution in [0.2, 0.25) is 0 Å². The fraction of sp³-hybridized carbons (Fsp3) is 0.917. The molecule has 2 unspecified atom stereocenters. The Morgan fingerprint density at radius 1 is 1.50 bits per heavy atom. The first kappa shape index (κ1) is 18.0. The Kier molecular flexibility index (Phi) is 9.05. The summed E-state index contributed by atoms with van der Waals surface area (Å²) in [6.07, 6.45) is 3.06. The third-order valence-corrected chi connectivity index (χ3v) is 4.62. The summed E-state index contributed by atoms with van der Waals surface area (Å²) in [6, 6.07) is 0. The van der Waals surface area contributed by atoms with Gasteiger partial charge in [-0.25, -0.2) is 0 Å². The molecule has 18 heavy (non-hydrogen) atoms. The summed E-state index contributed by atoms with van der Waals surface area (Å²) in [5.74, 6) is 1.07. The van der Waals surface area contributed by atoms with Crippen molar-refractivity contribution in [1.82, 2.24) is 0 Å². The van der Waals surface area contributed by atoms with Gasteiger partial charge in [0.2, 0.25) is 0 Å². The van der Waals surface area contributed by atoms with Crippen molar-refractivity contribution in [2.24, 2.45) is 11.3 Å². The maximum Gasteiger partial charge on any atom is 0.694 e. The zero-order valence-electron chi connectivity index (χ0n) is 11.6. The van der Waals surface area contributed by atoms with E-state index in [1.807, 2.05) is 13.8 Å². The third-order valence-electron chi connectivity index (χ3n) is 3.03. The van der Waals surface area contributed by atoms with E-state index < -0.39 is 8.25 Å². The van der Waals surface area contributed by atoms with Crippen LogP contribution in [-0.4, -0.2) is 22.4 Å². The van der Waals surface area contributed by atoms with E-state index in [9.17, 15) is 9.36 Å². The molecule has 0 aliphatic rings. The SMILES string of the molecule is CCC(C)CCC(C)(C)C(=O)SCCO[P+](=O)O. The zero-order valence-corrected chi connectivity index (χ0v) is 13.4. The molecule has 106 valence electrons. The molecule has 0 saturated heterocycles. The molecule has 0 amide bonds. The summed E-state index contributed by atoms with van der Waals surface area (Å²) < 4.78 is 14.8. The molecule has 0 heterocycles. The summed E-state index contributed by atoms with van der Waals surface area (Å²) in [4.78, 5) is 20.4. The molecule has 0 saturated carbocycles. The van der Waals surface area contributed by atoms with E-state index in [4.69, 9.17) is 4.89 Å². The van der Waals surface area contributed by atoms with Gasteiger partial charge in [-0.15, -0.1) is 9.42 Å². The van der Waals surface area contributed by atoms with Crippen LogP contribution < -0.4 is 0 Å². The van der Waals surface area contributed by atoms with Crippen molar-refractivity contribution >= 4 is 25.1 Å². The minimum atomic E-state index is -2.55. The van der Waals surface area contributed by atoms with Crippen molar-refractivity contribution in [1.29, 1.82) is 0 Å². The molecule has 0 rings (SSSR count).